The fourth-order valence-electron chi connectivity index (χ4n) is 3.61. The Bertz CT molecular complexity index is 618. The maximum atomic E-state index is 12.7. The predicted octanol–water partition coefficient (Wildman–Crippen LogP) is 2.05. The molecule has 3 rings (SSSR count). The molecule has 23 heavy (non-hydrogen) atoms. The van der Waals surface area contributed by atoms with E-state index in [0.29, 0.717) is 19.6 Å². The molecule has 1 aromatic rings. The van der Waals surface area contributed by atoms with Gasteiger partial charge >= 0.3 is 0 Å². The van der Waals surface area contributed by atoms with Crippen molar-refractivity contribution in [2.45, 2.75) is 50.7 Å². The summed E-state index contributed by atoms with van der Waals surface area (Å²) < 4.78 is 35.3. The number of nitrogens with one attached hydrogen (secondary N) is 1. The van der Waals surface area contributed by atoms with Crippen LogP contribution in [0.4, 0.5) is 0 Å². The summed E-state index contributed by atoms with van der Waals surface area (Å²) >= 11 is 0. The average Bonchev–Trinajstić information content (AvgIpc) is 2.46. The predicted molar refractivity (Wildman–Crippen MR) is 90.5 cm³/mol. The van der Waals surface area contributed by atoms with Gasteiger partial charge in [-0.15, -0.1) is 0 Å². The standard InChI is InChI=1S/C17H26N2O3S/c1-14-11-19(12-15(2)22-14)23(20,21)18-13-17(9-6-10-17)16-7-4-3-5-8-16/h3-5,7-8,14-15,18H,6,9-13H2,1-2H3. The second kappa shape index (κ2) is 6.51. The highest BCUT2D eigenvalue weighted by Crippen LogP contribution is 2.43. The van der Waals surface area contributed by atoms with Crippen molar-refractivity contribution < 1.29 is 13.2 Å². The van der Waals surface area contributed by atoms with Gasteiger partial charge in [0.2, 0.25) is 0 Å². The molecule has 128 valence electrons. The van der Waals surface area contributed by atoms with E-state index < -0.39 is 10.2 Å². The molecule has 1 aromatic carbocycles. The van der Waals surface area contributed by atoms with Gasteiger partial charge in [0.1, 0.15) is 0 Å². The van der Waals surface area contributed by atoms with Crippen LogP contribution in [0.2, 0.25) is 0 Å². The summed E-state index contributed by atoms with van der Waals surface area (Å²) in [5.74, 6) is 0. The highest BCUT2D eigenvalue weighted by atomic mass is 32.2. The minimum absolute atomic E-state index is 0.0438. The van der Waals surface area contributed by atoms with E-state index in [0.717, 1.165) is 19.3 Å². The third-order valence-electron chi connectivity index (χ3n) is 5.02. The molecule has 0 amide bonds. The highest BCUT2D eigenvalue weighted by molar-refractivity contribution is 7.87. The van der Waals surface area contributed by atoms with E-state index >= 15 is 0 Å². The van der Waals surface area contributed by atoms with Gasteiger partial charge in [0, 0.05) is 25.0 Å². The molecule has 0 bridgehead atoms. The normalized spacial score (nSPS) is 28.3. The molecule has 1 aliphatic heterocycles. The fourth-order valence-corrected chi connectivity index (χ4v) is 5.06. The summed E-state index contributed by atoms with van der Waals surface area (Å²) in [6, 6.07) is 10.2. The number of nitrogens with zero attached hydrogens (tertiary/aromatic N) is 1. The van der Waals surface area contributed by atoms with Crippen LogP contribution in [0.1, 0.15) is 38.7 Å². The van der Waals surface area contributed by atoms with Crippen LogP contribution < -0.4 is 4.72 Å². The Morgan fingerprint density at radius 2 is 1.78 bits per heavy atom. The van der Waals surface area contributed by atoms with Crippen molar-refractivity contribution in [3.8, 4) is 0 Å². The maximum absolute atomic E-state index is 12.7. The van der Waals surface area contributed by atoms with Crippen LogP contribution >= 0.6 is 0 Å². The molecular formula is C17H26N2O3S. The van der Waals surface area contributed by atoms with Crippen LogP contribution in [-0.2, 0) is 20.4 Å². The first-order valence-corrected chi connectivity index (χ1v) is 9.81. The van der Waals surface area contributed by atoms with Gasteiger partial charge in [0.05, 0.1) is 12.2 Å². The zero-order valence-corrected chi connectivity index (χ0v) is 14.7. The van der Waals surface area contributed by atoms with Crippen LogP contribution in [0.25, 0.3) is 0 Å². The van der Waals surface area contributed by atoms with E-state index in [4.69, 9.17) is 4.74 Å². The second-order valence-electron chi connectivity index (χ2n) is 6.90. The molecule has 1 saturated carbocycles. The summed E-state index contributed by atoms with van der Waals surface area (Å²) in [4.78, 5) is 0. The van der Waals surface area contributed by atoms with E-state index in [1.54, 1.807) is 0 Å². The first kappa shape index (κ1) is 16.9. The van der Waals surface area contributed by atoms with Crippen molar-refractivity contribution in [2.24, 2.45) is 0 Å². The maximum Gasteiger partial charge on any atom is 0.279 e. The lowest BCUT2D eigenvalue weighted by Crippen LogP contribution is -2.54. The SMILES string of the molecule is CC1CN(S(=O)(=O)NCC2(c3ccccc3)CCC2)CC(C)O1. The van der Waals surface area contributed by atoms with E-state index in [1.165, 1.54) is 9.87 Å². The number of benzene rings is 1. The summed E-state index contributed by atoms with van der Waals surface area (Å²) in [5.41, 5.74) is 1.19. The van der Waals surface area contributed by atoms with Gasteiger partial charge in [0.15, 0.2) is 0 Å². The zero-order valence-electron chi connectivity index (χ0n) is 13.9. The first-order valence-electron chi connectivity index (χ1n) is 8.37. The highest BCUT2D eigenvalue weighted by Gasteiger charge is 2.40. The summed E-state index contributed by atoms with van der Waals surface area (Å²) in [7, 11) is -3.46. The molecule has 0 spiro atoms. The van der Waals surface area contributed by atoms with Gasteiger partial charge < -0.3 is 4.74 Å². The molecule has 2 fully saturated rings. The Morgan fingerprint density at radius 1 is 1.17 bits per heavy atom. The van der Waals surface area contributed by atoms with E-state index in [-0.39, 0.29) is 17.6 Å². The van der Waals surface area contributed by atoms with Gasteiger partial charge in [-0.1, -0.05) is 36.8 Å². The smallest absolute Gasteiger partial charge is 0.279 e. The third-order valence-corrected chi connectivity index (χ3v) is 6.50. The van der Waals surface area contributed by atoms with Crippen molar-refractivity contribution >= 4 is 10.2 Å². The quantitative estimate of drug-likeness (QED) is 0.894. The molecule has 5 nitrogen and oxygen atoms in total. The monoisotopic (exact) mass is 338 g/mol. The molecule has 2 unspecified atom stereocenters. The van der Waals surface area contributed by atoms with Gasteiger partial charge in [-0.05, 0) is 32.3 Å². The van der Waals surface area contributed by atoms with Gasteiger partial charge in [-0.3, -0.25) is 0 Å². The lowest BCUT2D eigenvalue weighted by Gasteiger charge is -2.43. The van der Waals surface area contributed by atoms with Crippen molar-refractivity contribution in [2.75, 3.05) is 19.6 Å². The molecule has 1 aliphatic carbocycles. The van der Waals surface area contributed by atoms with Gasteiger partial charge in [0.25, 0.3) is 10.2 Å². The number of hydrogen-bond donors (Lipinski definition) is 1. The fraction of sp³-hybridized carbons (Fsp3) is 0.647. The Kier molecular flexibility index (Phi) is 4.78. The lowest BCUT2D eigenvalue weighted by molar-refractivity contribution is -0.0444. The molecule has 6 heteroatoms. The molecule has 2 aliphatic rings. The number of ether oxygens (including phenoxy) is 1. The Morgan fingerprint density at radius 3 is 2.30 bits per heavy atom. The van der Waals surface area contributed by atoms with Crippen molar-refractivity contribution in [3.63, 3.8) is 0 Å². The second-order valence-corrected chi connectivity index (χ2v) is 8.66. The van der Waals surface area contributed by atoms with Crippen molar-refractivity contribution in [1.29, 1.82) is 0 Å². The van der Waals surface area contributed by atoms with Crippen LogP contribution in [0.15, 0.2) is 30.3 Å². The first-order chi connectivity index (χ1) is 10.9. The van der Waals surface area contributed by atoms with E-state index in [9.17, 15) is 8.42 Å². The van der Waals surface area contributed by atoms with E-state index in [1.807, 2.05) is 32.0 Å². The average molecular weight is 338 g/mol. The summed E-state index contributed by atoms with van der Waals surface area (Å²) in [6.45, 7) is 5.13. The Labute approximate surface area is 139 Å². The number of morpholine rings is 1. The molecule has 1 saturated heterocycles. The minimum Gasteiger partial charge on any atom is -0.373 e. The van der Waals surface area contributed by atoms with Crippen molar-refractivity contribution in [3.05, 3.63) is 35.9 Å². The molecule has 0 radical (unpaired) electrons. The van der Waals surface area contributed by atoms with Crippen LogP contribution in [-0.4, -0.2) is 44.6 Å². The van der Waals surface area contributed by atoms with Gasteiger partial charge in [-0.2, -0.15) is 12.7 Å². The molecular weight excluding hydrogens is 312 g/mol. The molecule has 1 N–H and O–H groups in total. The summed E-state index contributed by atoms with van der Waals surface area (Å²) in [6.07, 6.45) is 3.09. The number of hydrogen-bond acceptors (Lipinski definition) is 3. The van der Waals surface area contributed by atoms with Crippen LogP contribution in [0.5, 0.6) is 0 Å². The van der Waals surface area contributed by atoms with Crippen molar-refractivity contribution in [1.82, 2.24) is 9.03 Å². The minimum atomic E-state index is -3.46. The Balaban J connectivity index is 1.69. The van der Waals surface area contributed by atoms with Gasteiger partial charge in [-0.25, -0.2) is 4.72 Å². The van der Waals surface area contributed by atoms with E-state index in [2.05, 4.69) is 16.9 Å². The third kappa shape index (κ3) is 3.60. The molecule has 2 atom stereocenters. The van der Waals surface area contributed by atoms with Crippen LogP contribution in [0, 0.1) is 0 Å². The number of rotatable bonds is 5. The molecule has 0 aromatic heterocycles. The topological polar surface area (TPSA) is 58.6 Å². The zero-order chi connectivity index (χ0) is 16.5. The Hall–Kier alpha value is -0.950. The molecule has 1 heterocycles. The lowest BCUT2D eigenvalue weighted by atomic mass is 9.64. The largest absolute Gasteiger partial charge is 0.373 e. The van der Waals surface area contributed by atoms with Crippen LogP contribution in [0.3, 0.4) is 0 Å². The summed E-state index contributed by atoms with van der Waals surface area (Å²) in [5, 5.41) is 0.